The highest BCUT2D eigenvalue weighted by Gasteiger charge is 2.13. The SMILES string of the molecule is CC.COC(CCn1cnc2c(N)ncnc21)COC(=O)CN. The highest BCUT2D eigenvalue weighted by atomic mass is 16.6. The average Bonchev–Trinajstić information content (AvgIpc) is 3.01. The molecule has 1 atom stereocenters. The van der Waals surface area contributed by atoms with Gasteiger partial charge in [-0.15, -0.1) is 0 Å². The van der Waals surface area contributed by atoms with Crippen LogP contribution in [0, 0.1) is 0 Å². The number of imidazole rings is 1. The lowest BCUT2D eigenvalue weighted by Crippen LogP contribution is -2.25. The molecule has 9 nitrogen and oxygen atoms in total. The van der Waals surface area contributed by atoms with Gasteiger partial charge in [0.05, 0.1) is 19.0 Å². The van der Waals surface area contributed by atoms with Crippen molar-refractivity contribution >= 4 is 23.0 Å². The van der Waals surface area contributed by atoms with Crippen LogP contribution in [0.1, 0.15) is 20.3 Å². The number of nitrogens with zero attached hydrogens (tertiary/aromatic N) is 4. The predicted octanol–water partition coefficient (Wildman–Crippen LogP) is 0.342. The van der Waals surface area contributed by atoms with Crippen LogP contribution in [0.4, 0.5) is 5.82 Å². The van der Waals surface area contributed by atoms with Crippen LogP contribution in [0.2, 0.25) is 0 Å². The molecule has 0 saturated heterocycles. The zero-order valence-corrected chi connectivity index (χ0v) is 13.7. The fraction of sp³-hybridized carbons (Fsp3) is 0.571. The number of ether oxygens (including phenoxy) is 2. The van der Waals surface area contributed by atoms with Crippen molar-refractivity contribution in [2.24, 2.45) is 5.73 Å². The summed E-state index contributed by atoms with van der Waals surface area (Å²) < 4.78 is 12.1. The van der Waals surface area contributed by atoms with Gasteiger partial charge in [0.25, 0.3) is 0 Å². The van der Waals surface area contributed by atoms with Crippen LogP contribution in [-0.4, -0.2) is 51.9 Å². The third-order valence-corrected chi connectivity index (χ3v) is 3.05. The first-order valence-electron chi connectivity index (χ1n) is 7.45. The van der Waals surface area contributed by atoms with Crippen molar-refractivity contribution in [2.75, 3.05) is 26.0 Å². The minimum absolute atomic E-state index is 0.140. The molecule has 0 amide bonds. The molecule has 0 saturated carbocycles. The fourth-order valence-electron chi connectivity index (χ4n) is 1.86. The van der Waals surface area contributed by atoms with Crippen molar-refractivity contribution in [3.05, 3.63) is 12.7 Å². The Balaban J connectivity index is 0.00000127. The van der Waals surface area contributed by atoms with Gasteiger partial charge >= 0.3 is 5.97 Å². The number of aromatic nitrogens is 4. The summed E-state index contributed by atoms with van der Waals surface area (Å²) in [4.78, 5) is 23.3. The topological polar surface area (TPSA) is 131 Å². The molecule has 2 aromatic rings. The maximum atomic E-state index is 11.0. The molecule has 0 aliphatic rings. The summed E-state index contributed by atoms with van der Waals surface area (Å²) in [6.45, 7) is 4.63. The lowest BCUT2D eigenvalue weighted by Gasteiger charge is -2.15. The molecule has 2 aromatic heterocycles. The molecule has 4 N–H and O–H groups in total. The van der Waals surface area contributed by atoms with Crippen molar-refractivity contribution in [3.8, 4) is 0 Å². The van der Waals surface area contributed by atoms with Gasteiger partial charge in [-0.25, -0.2) is 15.0 Å². The van der Waals surface area contributed by atoms with Crippen LogP contribution < -0.4 is 11.5 Å². The van der Waals surface area contributed by atoms with Crippen molar-refractivity contribution in [3.63, 3.8) is 0 Å². The molecule has 128 valence electrons. The van der Waals surface area contributed by atoms with Gasteiger partial charge in [0.15, 0.2) is 11.5 Å². The van der Waals surface area contributed by atoms with Crippen molar-refractivity contribution in [1.29, 1.82) is 0 Å². The molecule has 0 fully saturated rings. The highest BCUT2D eigenvalue weighted by molar-refractivity contribution is 5.81. The number of carbonyl (C=O) groups excluding carboxylic acids is 1. The van der Waals surface area contributed by atoms with Gasteiger partial charge in [0.1, 0.15) is 18.5 Å². The molecule has 23 heavy (non-hydrogen) atoms. The normalized spacial score (nSPS) is 11.7. The number of nitrogens with two attached hydrogens (primary N) is 2. The first kappa shape index (κ1) is 18.8. The van der Waals surface area contributed by atoms with Crippen molar-refractivity contribution in [1.82, 2.24) is 19.5 Å². The largest absolute Gasteiger partial charge is 0.462 e. The van der Waals surface area contributed by atoms with E-state index in [-0.39, 0.29) is 19.3 Å². The Morgan fingerprint density at radius 1 is 1.35 bits per heavy atom. The Labute approximate surface area is 135 Å². The number of rotatable bonds is 7. The highest BCUT2D eigenvalue weighted by Crippen LogP contribution is 2.15. The van der Waals surface area contributed by atoms with E-state index >= 15 is 0 Å². The maximum absolute atomic E-state index is 11.0. The van der Waals surface area contributed by atoms with E-state index in [1.54, 1.807) is 13.4 Å². The smallest absolute Gasteiger partial charge is 0.319 e. The molecule has 0 aromatic carbocycles. The third-order valence-electron chi connectivity index (χ3n) is 3.05. The molecule has 2 heterocycles. The Kier molecular flexibility index (Phi) is 7.92. The number of carbonyl (C=O) groups is 1. The van der Waals surface area contributed by atoms with Gasteiger partial charge in [0.2, 0.25) is 0 Å². The Hall–Kier alpha value is -2.26. The van der Waals surface area contributed by atoms with Crippen LogP contribution in [0.5, 0.6) is 0 Å². The fourth-order valence-corrected chi connectivity index (χ4v) is 1.86. The lowest BCUT2D eigenvalue weighted by molar-refractivity contribution is -0.145. The Morgan fingerprint density at radius 3 is 2.74 bits per heavy atom. The molecule has 0 aliphatic heterocycles. The number of anilines is 1. The van der Waals surface area contributed by atoms with E-state index in [1.165, 1.54) is 6.33 Å². The maximum Gasteiger partial charge on any atom is 0.319 e. The molecule has 0 aliphatic carbocycles. The van der Waals surface area contributed by atoms with Crippen LogP contribution >= 0.6 is 0 Å². The zero-order chi connectivity index (χ0) is 17.2. The molecule has 0 bridgehead atoms. The average molecular weight is 324 g/mol. The standard InChI is InChI=1S/C12H18N6O3.C2H6/c1-20-8(5-21-9(19)4-13)2-3-18-7-17-10-11(14)15-6-16-12(10)18;1-2/h6-8H,2-5,13H2,1H3,(H2,14,15,16);1-2H3. The Morgan fingerprint density at radius 2 is 2.09 bits per heavy atom. The lowest BCUT2D eigenvalue weighted by atomic mass is 10.2. The summed E-state index contributed by atoms with van der Waals surface area (Å²) in [6.07, 6.45) is 3.45. The van der Waals surface area contributed by atoms with Crippen LogP contribution in [-0.2, 0) is 20.8 Å². The second kappa shape index (κ2) is 9.70. The minimum Gasteiger partial charge on any atom is -0.462 e. The van der Waals surface area contributed by atoms with Gasteiger partial charge in [-0.1, -0.05) is 13.8 Å². The Bertz CT molecular complexity index is 616. The van der Waals surface area contributed by atoms with E-state index in [4.69, 9.17) is 20.9 Å². The van der Waals surface area contributed by atoms with E-state index in [9.17, 15) is 4.79 Å². The first-order chi connectivity index (χ1) is 11.2. The van der Waals surface area contributed by atoms with Gasteiger partial charge in [-0.2, -0.15) is 0 Å². The van der Waals surface area contributed by atoms with Gasteiger partial charge in [-0.05, 0) is 6.42 Å². The molecular weight excluding hydrogens is 300 g/mol. The second-order valence-corrected chi connectivity index (χ2v) is 4.40. The number of esters is 1. The summed E-state index contributed by atoms with van der Waals surface area (Å²) in [5, 5.41) is 0. The van der Waals surface area contributed by atoms with Gasteiger partial charge < -0.3 is 25.5 Å². The van der Waals surface area contributed by atoms with E-state index in [2.05, 4.69) is 15.0 Å². The molecule has 0 spiro atoms. The quantitative estimate of drug-likeness (QED) is 0.697. The van der Waals surface area contributed by atoms with Gasteiger partial charge in [-0.3, -0.25) is 4.79 Å². The first-order valence-corrected chi connectivity index (χ1v) is 7.45. The van der Waals surface area contributed by atoms with E-state index in [0.717, 1.165) is 0 Å². The molecule has 9 heteroatoms. The summed E-state index contributed by atoms with van der Waals surface area (Å²) in [5.41, 5.74) is 12.1. The zero-order valence-electron chi connectivity index (χ0n) is 13.7. The van der Waals surface area contributed by atoms with E-state index in [0.29, 0.717) is 29.9 Å². The number of hydrogen-bond donors (Lipinski definition) is 2. The summed E-state index contributed by atoms with van der Waals surface area (Å²) >= 11 is 0. The van der Waals surface area contributed by atoms with Crippen LogP contribution in [0.3, 0.4) is 0 Å². The van der Waals surface area contributed by atoms with E-state index < -0.39 is 5.97 Å². The number of hydrogen-bond acceptors (Lipinski definition) is 8. The molecular formula is C14H24N6O3. The number of fused-ring (bicyclic) bond motifs is 1. The number of methoxy groups -OCH3 is 1. The number of aryl methyl sites for hydroxylation is 1. The van der Waals surface area contributed by atoms with Gasteiger partial charge in [0, 0.05) is 13.7 Å². The molecule has 2 rings (SSSR count). The van der Waals surface area contributed by atoms with Crippen LogP contribution in [0.25, 0.3) is 11.2 Å². The summed E-state index contributed by atoms with van der Waals surface area (Å²) in [7, 11) is 1.56. The monoisotopic (exact) mass is 324 g/mol. The van der Waals surface area contributed by atoms with Crippen LogP contribution in [0.15, 0.2) is 12.7 Å². The van der Waals surface area contributed by atoms with E-state index in [1.807, 2.05) is 18.4 Å². The summed E-state index contributed by atoms with van der Waals surface area (Å²) in [5.74, 6) is -0.107. The molecule has 1 unspecified atom stereocenters. The summed E-state index contributed by atoms with van der Waals surface area (Å²) in [6, 6.07) is 0. The predicted molar refractivity (Wildman–Crippen MR) is 86.5 cm³/mol. The number of nitrogen functional groups attached to an aromatic ring is 1. The third kappa shape index (κ3) is 5.15. The second-order valence-electron chi connectivity index (χ2n) is 4.40. The molecule has 0 radical (unpaired) electrons. The van der Waals surface area contributed by atoms with Crippen molar-refractivity contribution < 1.29 is 14.3 Å². The minimum atomic E-state index is -0.453. The van der Waals surface area contributed by atoms with Crippen molar-refractivity contribution in [2.45, 2.75) is 32.9 Å².